The lowest BCUT2D eigenvalue weighted by atomic mass is 9.94. The number of carbonyl (C=O) groups is 1. The largest absolute Gasteiger partial charge is 0.341 e. The molecule has 0 aliphatic carbocycles. The van der Waals surface area contributed by atoms with Crippen LogP contribution < -0.4 is 0 Å². The van der Waals surface area contributed by atoms with E-state index in [1.807, 2.05) is 24.8 Å². The van der Waals surface area contributed by atoms with Crippen molar-refractivity contribution in [3.05, 3.63) is 46.1 Å². The Hall–Kier alpha value is -2.61. The van der Waals surface area contributed by atoms with E-state index in [4.69, 9.17) is 0 Å². The molecule has 26 heavy (non-hydrogen) atoms. The molecule has 1 amide bonds. The number of amides is 1. The molecule has 0 spiro atoms. The molecule has 3 aromatic rings. The van der Waals surface area contributed by atoms with Crippen molar-refractivity contribution in [3.63, 3.8) is 0 Å². The van der Waals surface area contributed by atoms with Gasteiger partial charge in [-0.15, -0.1) is 11.3 Å². The van der Waals surface area contributed by atoms with Crippen molar-refractivity contribution in [2.24, 2.45) is 0 Å². The summed E-state index contributed by atoms with van der Waals surface area (Å²) in [4.78, 5) is 36.0. The molecule has 1 aliphatic rings. The van der Waals surface area contributed by atoms with Gasteiger partial charge < -0.3 is 9.88 Å². The molecule has 0 radical (unpaired) electrons. The number of aromatic amines is 1. The third kappa shape index (κ3) is 3.37. The summed E-state index contributed by atoms with van der Waals surface area (Å²) in [5.41, 5.74) is 4.46. The summed E-state index contributed by atoms with van der Waals surface area (Å²) in [7, 11) is 0. The van der Waals surface area contributed by atoms with E-state index >= 15 is 0 Å². The maximum absolute atomic E-state index is 12.6. The van der Waals surface area contributed by atoms with Crippen molar-refractivity contribution in [2.45, 2.75) is 32.6 Å². The first-order valence-electron chi connectivity index (χ1n) is 8.65. The molecule has 0 saturated carbocycles. The average Bonchev–Trinajstić information content (AvgIpc) is 3.32. The van der Waals surface area contributed by atoms with Crippen molar-refractivity contribution >= 4 is 17.2 Å². The van der Waals surface area contributed by atoms with Crippen LogP contribution in [0.25, 0.3) is 11.5 Å². The van der Waals surface area contributed by atoms with Gasteiger partial charge in [-0.25, -0.2) is 15.0 Å². The number of imidazole rings is 1. The molecule has 0 bridgehead atoms. The Morgan fingerprint density at radius 2 is 2.19 bits per heavy atom. The van der Waals surface area contributed by atoms with Crippen LogP contribution in [0.2, 0.25) is 0 Å². The third-order valence-electron chi connectivity index (χ3n) is 4.57. The molecule has 4 heterocycles. The molecular weight excluding hydrogens is 348 g/mol. The number of nitrogens with one attached hydrogen (secondary N) is 1. The highest BCUT2D eigenvalue weighted by Crippen LogP contribution is 2.29. The van der Waals surface area contributed by atoms with E-state index in [9.17, 15) is 4.79 Å². The summed E-state index contributed by atoms with van der Waals surface area (Å²) in [5, 5.41) is 0. The second-order valence-corrected chi connectivity index (χ2v) is 7.48. The topological polar surface area (TPSA) is 87.7 Å². The van der Waals surface area contributed by atoms with E-state index in [1.165, 1.54) is 11.3 Å². The Labute approximate surface area is 155 Å². The first-order valence-corrected chi connectivity index (χ1v) is 9.53. The van der Waals surface area contributed by atoms with Crippen LogP contribution >= 0.6 is 11.3 Å². The number of rotatable bonds is 3. The van der Waals surface area contributed by atoms with Crippen molar-refractivity contribution < 1.29 is 4.79 Å². The Morgan fingerprint density at radius 3 is 2.92 bits per heavy atom. The van der Waals surface area contributed by atoms with Gasteiger partial charge in [0.05, 0.1) is 11.7 Å². The van der Waals surface area contributed by atoms with Crippen LogP contribution in [0.15, 0.2) is 24.0 Å². The van der Waals surface area contributed by atoms with Gasteiger partial charge in [-0.05, 0) is 32.8 Å². The fourth-order valence-corrected chi connectivity index (χ4v) is 3.93. The van der Waals surface area contributed by atoms with Crippen molar-refractivity contribution in [1.82, 2.24) is 29.8 Å². The van der Waals surface area contributed by atoms with Crippen LogP contribution in [-0.4, -0.2) is 48.8 Å². The van der Waals surface area contributed by atoms with Gasteiger partial charge in [-0.2, -0.15) is 0 Å². The van der Waals surface area contributed by atoms with E-state index in [2.05, 4.69) is 24.9 Å². The van der Waals surface area contributed by atoms with Gasteiger partial charge >= 0.3 is 0 Å². The zero-order valence-corrected chi connectivity index (χ0v) is 15.6. The minimum Gasteiger partial charge on any atom is -0.341 e. The summed E-state index contributed by atoms with van der Waals surface area (Å²) in [6.07, 6.45) is 5.41. The van der Waals surface area contributed by atoms with E-state index in [1.54, 1.807) is 17.9 Å². The number of likely N-dealkylation sites (tertiary alicyclic amines) is 1. The quantitative estimate of drug-likeness (QED) is 0.768. The number of aryl methyl sites for hydroxylation is 2. The molecule has 1 atom stereocenters. The van der Waals surface area contributed by atoms with Crippen LogP contribution in [0.5, 0.6) is 0 Å². The number of carbonyl (C=O) groups excluding carboxylic acids is 1. The van der Waals surface area contributed by atoms with Gasteiger partial charge in [0.15, 0.2) is 5.82 Å². The summed E-state index contributed by atoms with van der Waals surface area (Å²) in [6, 6.07) is 2.00. The van der Waals surface area contributed by atoms with E-state index in [-0.39, 0.29) is 11.8 Å². The van der Waals surface area contributed by atoms with Crippen molar-refractivity contribution in [1.29, 1.82) is 0 Å². The SMILES string of the molecule is Cc1nc(-c2ncc(C)[nH]2)cc(C2CCCN(C(=O)c3cncs3)C2)n1. The lowest BCUT2D eigenvalue weighted by molar-refractivity contribution is 0.0710. The first-order chi connectivity index (χ1) is 12.6. The van der Waals surface area contributed by atoms with Crippen LogP contribution in [0.3, 0.4) is 0 Å². The molecular formula is C18H20N6OS. The fourth-order valence-electron chi connectivity index (χ4n) is 3.34. The summed E-state index contributed by atoms with van der Waals surface area (Å²) in [6.45, 7) is 5.31. The maximum atomic E-state index is 12.6. The van der Waals surface area contributed by atoms with E-state index < -0.39 is 0 Å². The highest BCUT2D eigenvalue weighted by atomic mass is 32.1. The standard InChI is InChI=1S/C18H20N6OS/c1-11-7-20-17(21-11)15-6-14(22-12(2)23-15)13-4-3-5-24(9-13)18(25)16-8-19-10-26-16/h6-8,10,13H,3-5,9H2,1-2H3,(H,20,21). The number of piperidine rings is 1. The number of H-pyrrole nitrogens is 1. The van der Waals surface area contributed by atoms with E-state index in [0.717, 1.165) is 48.1 Å². The predicted octanol–water partition coefficient (Wildman–Crippen LogP) is 2.96. The molecule has 4 rings (SSSR count). The fraction of sp³-hybridized carbons (Fsp3) is 0.389. The van der Waals surface area contributed by atoms with Crippen LogP contribution in [0.4, 0.5) is 0 Å². The summed E-state index contributed by atoms with van der Waals surface area (Å²) < 4.78 is 0. The first kappa shape index (κ1) is 16.8. The minimum atomic E-state index is 0.0601. The molecule has 134 valence electrons. The van der Waals surface area contributed by atoms with Crippen LogP contribution in [0, 0.1) is 13.8 Å². The number of aromatic nitrogens is 5. The molecule has 7 nitrogen and oxygen atoms in total. The lowest BCUT2D eigenvalue weighted by Crippen LogP contribution is -2.39. The number of hydrogen-bond donors (Lipinski definition) is 1. The second-order valence-electron chi connectivity index (χ2n) is 6.60. The Bertz CT molecular complexity index is 920. The molecule has 0 aromatic carbocycles. The summed E-state index contributed by atoms with van der Waals surface area (Å²) in [5.74, 6) is 1.74. The zero-order valence-electron chi connectivity index (χ0n) is 14.8. The van der Waals surface area contributed by atoms with Gasteiger partial charge in [0.2, 0.25) is 0 Å². The molecule has 8 heteroatoms. The normalized spacial score (nSPS) is 17.5. The monoisotopic (exact) mass is 368 g/mol. The molecule has 1 aliphatic heterocycles. The molecule has 1 unspecified atom stereocenters. The Kier molecular flexibility index (Phi) is 4.50. The van der Waals surface area contributed by atoms with Crippen LogP contribution in [0.1, 0.15) is 45.6 Å². The number of thiazole rings is 1. The van der Waals surface area contributed by atoms with Gasteiger partial charge in [-0.1, -0.05) is 0 Å². The van der Waals surface area contributed by atoms with Crippen molar-refractivity contribution in [3.8, 4) is 11.5 Å². The van der Waals surface area contributed by atoms with Crippen LogP contribution in [-0.2, 0) is 0 Å². The molecule has 1 N–H and O–H groups in total. The van der Waals surface area contributed by atoms with Gasteiger partial charge in [0, 0.05) is 36.6 Å². The Balaban J connectivity index is 1.59. The van der Waals surface area contributed by atoms with Gasteiger partial charge in [0.1, 0.15) is 16.4 Å². The zero-order chi connectivity index (χ0) is 18.1. The van der Waals surface area contributed by atoms with E-state index in [0.29, 0.717) is 11.4 Å². The minimum absolute atomic E-state index is 0.0601. The summed E-state index contributed by atoms with van der Waals surface area (Å²) >= 11 is 1.39. The number of nitrogens with zero attached hydrogens (tertiary/aromatic N) is 5. The van der Waals surface area contributed by atoms with Gasteiger partial charge in [-0.3, -0.25) is 9.78 Å². The highest BCUT2D eigenvalue weighted by Gasteiger charge is 2.27. The lowest BCUT2D eigenvalue weighted by Gasteiger charge is -2.32. The Morgan fingerprint density at radius 1 is 1.31 bits per heavy atom. The second kappa shape index (κ2) is 6.95. The number of hydrogen-bond acceptors (Lipinski definition) is 6. The predicted molar refractivity (Wildman–Crippen MR) is 99.1 cm³/mol. The average molecular weight is 368 g/mol. The molecule has 1 saturated heterocycles. The molecule has 3 aromatic heterocycles. The third-order valence-corrected chi connectivity index (χ3v) is 5.33. The maximum Gasteiger partial charge on any atom is 0.265 e. The molecule has 1 fully saturated rings. The smallest absolute Gasteiger partial charge is 0.265 e. The van der Waals surface area contributed by atoms with Crippen molar-refractivity contribution in [2.75, 3.05) is 13.1 Å². The highest BCUT2D eigenvalue weighted by molar-refractivity contribution is 7.11. The van der Waals surface area contributed by atoms with Gasteiger partial charge in [0.25, 0.3) is 5.91 Å².